The molecule has 5 rings (SSSR count). The van der Waals surface area contributed by atoms with Gasteiger partial charge in [0.1, 0.15) is 0 Å². The number of aromatic nitrogens is 1. The number of anilines is 1. The van der Waals surface area contributed by atoms with Gasteiger partial charge in [0.05, 0.1) is 25.1 Å². The van der Waals surface area contributed by atoms with E-state index in [1.54, 1.807) is 11.1 Å². The van der Waals surface area contributed by atoms with Gasteiger partial charge in [-0.05, 0) is 36.6 Å². The zero-order chi connectivity index (χ0) is 21.4. The number of rotatable bonds is 4. The summed E-state index contributed by atoms with van der Waals surface area (Å²) in [6.45, 7) is 1.58. The number of amides is 2. The molecule has 0 bridgehead atoms. The van der Waals surface area contributed by atoms with Crippen LogP contribution in [0.4, 0.5) is 5.69 Å². The van der Waals surface area contributed by atoms with Gasteiger partial charge in [-0.25, -0.2) is 0 Å². The van der Waals surface area contributed by atoms with Crippen molar-refractivity contribution in [2.75, 3.05) is 31.3 Å². The number of ether oxygens (including phenoxy) is 1. The summed E-state index contributed by atoms with van der Waals surface area (Å²) in [5, 5.41) is 10.1. The van der Waals surface area contributed by atoms with E-state index in [-0.39, 0.29) is 48.8 Å². The molecule has 0 spiro atoms. The SMILES string of the molecule is O=C(C1CCOCC1)N1C[C@H]2[C@@H](c3ccccc31)[C@@H](CO)N2C(=O)Cc1ccccn1. The second-order valence-corrected chi connectivity index (χ2v) is 8.54. The first-order valence-corrected chi connectivity index (χ1v) is 11.0. The van der Waals surface area contributed by atoms with Crippen LogP contribution in [0.25, 0.3) is 0 Å². The molecule has 7 heteroatoms. The first kappa shape index (κ1) is 20.2. The number of hydrogen-bond donors (Lipinski definition) is 1. The highest BCUT2D eigenvalue weighted by molar-refractivity contribution is 5.97. The van der Waals surface area contributed by atoms with E-state index in [1.165, 1.54) is 0 Å². The van der Waals surface area contributed by atoms with E-state index in [2.05, 4.69) is 4.98 Å². The lowest BCUT2D eigenvalue weighted by Crippen LogP contribution is -2.71. The van der Waals surface area contributed by atoms with Crippen LogP contribution in [-0.2, 0) is 20.7 Å². The summed E-state index contributed by atoms with van der Waals surface area (Å²) in [7, 11) is 0. The van der Waals surface area contributed by atoms with Crippen LogP contribution in [0.5, 0.6) is 0 Å². The van der Waals surface area contributed by atoms with Crippen molar-refractivity contribution in [3.05, 3.63) is 59.9 Å². The number of nitrogens with zero attached hydrogens (tertiary/aromatic N) is 3. The molecule has 0 radical (unpaired) electrons. The fraction of sp³-hybridized carbons (Fsp3) is 0.458. The Morgan fingerprint density at radius 1 is 1.10 bits per heavy atom. The maximum atomic E-state index is 13.4. The predicted molar refractivity (Wildman–Crippen MR) is 115 cm³/mol. The summed E-state index contributed by atoms with van der Waals surface area (Å²) < 4.78 is 5.43. The molecule has 1 aromatic carbocycles. The Morgan fingerprint density at radius 3 is 2.61 bits per heavy atom. The molecule has 162 valence electrons. The number of carbonyl (C=O) groups is 2. The number of pyridine rings is 1. The standard InChI is InChI=1S/C24H27N3O4/c28-15-21-23-18-6-1-2-7-19(18)26(24(30)16-8-11-31-12-9-16)14-20(23)27(21)22(29)13-17-5-3-4-10-25-17/h1-7,10,16,20-21,23,28H,8-9,11-15H2/t20-,21+,23+/m0/s1. The zero-order valence-corrected chi connectivity index (χ0v) is 17.4. The smallest absolute Gasteiger partial charge is 0.230 e. The molecule has 3 atom stereocenters. The minimum absolute atomic E-state index is 0.0348. The lowest BCUT2D eigenvalue weighted by Gasteiger charge is -2.59. The van der Waals surface area contributed by atoms with E-state index in [4.69, 9.17) is 4.74 Å². The fourth-order valence-corrected chi connectivity index (χ4v) is 5.36. The highest BCUT2D eigenvalue weighted by Crippen LogP contribution is 2.48. The van der Waals surface area contributed by atoms with Crippen molar-refractivity contribution in [3.63, 3.8) is 0 Å². The number of likely N-dealkylation sites (tertiary alicyclic amines) is 1. The van der Waals surface area contributed by atoms with E-state index < -0.39 is 0 Å². The van der Waals surface area contributed by atoms with Crippen LogP contribution in [0, 0.1) is 5.92 Å². The molecule has 0 aliphatic carbocycles. The van der Waals surface area contributed by atoms with Crippen molar-refractivity contribution in [1.82, 2.24) is 9.88 Å². The Kier molecular flexibility index (Phi) is 5.46. The van der Waals surface area contributed by atoms with Crippen LogP contribution in [0.3, 0.4) is 0 Å². The topological polar surface area (TPSA) is 83.0 Å². The molecule has 3 aliphatic heterocycles. The average molecular weight is 421 g/mol. The molecule has 1 N–H and O–H groups in total. The van der Waals surface area contributed by atoms with Crippen LogP contribution in [-0.4, -0.2) is 65.3 Å². The van der Waals surface area contributed by atoms with Crippen molar-refractivity contribution in [3.8, 4) is 0 Å². The van der Waals surface area contributed by atoms with Crippen LogP contribution >= 0.6 is 0 Å². The second kappa shape index (κ2) is 8.40. The number of fused-ring (bicyclic) bond motifs is 3. The van der Waals surface area contributed by atoms with Crippen molar-refractivity contribution < 1.29 is 19.4 Å². The quantitative estimate of drug-likeness (QED) is 0.813. The van der Waals surface area contributed by atoms with E-state index >= 15 is 0 Å². The fourth-order valence-electron chi connectivity index (χ4n) is 5.36. The maximum absolute atomic E-state index is 13.4. The van der Waals surface area contributed by atoms with Gasteiger partial charge >= 0.3 is 0 Å². The molecule has 4 heterocycles. The first-order chi connectivity index (χ1) is 15.2. The summed E-state index contributed by atoms with van der Waals surface area (Å²) in [4.78, 5) is 34.5. The van der Waals surface area contributed by atoms with Gasteiger partial charge in [-0.2, -0.15) is 0 Å². The number of para-hydroxylation sites is 1. The third-order valence-corrected chi connectivity index (χ3v) is 6.87. The molecular weight excluding hydrogens is 394 g/mol. The second-order valence-electron chi connectivity index (χ2n) is 8.54. The Morgan fingerprint density at radius 2 is 1.87 bits per heavy atom. The number of aliphatic hydroxyl groups is 1. The highest BCUT2D eigenvalue weighted by atomic mass is 16.5. The summed E-state index contributed by atoms with van der Waals surface area (Å²) in [6.07, 6.45) is 3.33. The third kappa shape index (κ3) is 3.51. The summed E-state index contributed by atoms with van der Waals surface area (Å²) in [5.74, 6) is 0.0352. The molecule has 2 aromatic rings. The van der Waals surface area contributed by atoms with Crippen LogP contribution < -0.4 is 4.90 Å². The zero-order valence-electron chi connectivity index (χ0n) is 17.4. The van der Waals surface area contributed by atoms with E-state index in [0.717, 1.165) is 24.1 Å². The van der Waals surface area contributed by atoms with Crippen LogP contribution in [0.2, 0.25) is 0 Å². The van der Waals surface area contributed by atoms with Gasteiger partial charge in [0.15, 0.2) is 0 Å². The number of benzene rings is 1. The monoisotopic (exact) mass is 421 g/mol. The van der Waals surface area contributed by atoms with Gasteiger partial charge in [0, 0.05) is 49.2 Å². The molecule has 3 aliphatic rings. The predicted octanol–water partition coefficient (Wildman–Crippen LogP) is 1.75. The van der Waals surface area contributed by atoms with E-state index in [0.29, 0.717) is 25.5 Å². The Labute approximate surface area is 181 Å². The molecule has 31 heavy (non-hydrogen) atoms. The minimum Gasteiger partial charge on any atom is -0.394 e. The average Bonchev–Trinajstić information content (AvgIpc) is 2.80. The van der Waals surface area contributed by atoms with E-state index in [9.17, 15) is 14.7 Å². The highest BCUT2D eigenvalue weighted by Gasteiger charge is 2.55. The van der Waals surface area contributed by atoms with Crippen molar-refractivity contribution >= 4 is 17.5 Å². The Balaban J connectivity index is 1.43. The Bertz CT molecular complexity index is 960. The van der Waals surface area contributed by atoms with Crippen LogP contribution in [0.15, 0.2) is 48.7 Å². The van der Waals surface area contributed by atoms with Gasteiger partial charge in [-0.1, -0.05) is 24.3 Å². The van der Waals surface area contributed by atoms with Crippen molar-refractivity contribution in [2.24, 2.45) is 5.92 Å². The first-order valence-electron chi connectivity index (χ1n) is 11.0. The number of hydrogen-bond acceptors (Lipinski definition) is 5. The summed E-state index contributed by atoms with van der Waals surface area (Å²) >= 11 is 0. The number of aliphatic hydroxyl groups excluding tert-OH is 1. The van der Waals surface area contributed by atoms with Gasteiger partial charge in [-0.3, -0.25) is 14.6 Å². The lowest BCUT2D eigenvalue weighted by atomic mass is 9.71. The lowest BCUT2D eigenvalue weighted by molar-refractivity contribution is -0.150. The van der Waals surface area contributed by atoms with Crippen molar-refractivity contribution in [2.45, 2.75) is 37.3 Å². The molecule has 2 amide bonds. The summed E-state index contributed by atoms with van der Waals surface area (Å²) in [5.41, 5.74) is 2.66. The van der Waals surface area contributed by atoms with Crippen molar-refractivity contribution in [1.29, 1.82) is 0 Å². The van der Waals surface area contributed by atoms with Gasteiger partial charge in [0.25, 0.3) is 0 Å². The molecular formula is C24H27N3O4. The largest absolute Gasteiger partial charge is 0.394 e. The molecule has 7 nitrogen and oxygen atoms in total. The molecule has 1 aromatic heterocycles. The van der Waals surface area contributed by atoms with Gasteiger partial charge < -0.3 is 19.6 Å². The minimum atomic E-state index is -0.275. The maximum Gasteiger partial charge on any atom is 0.230 e. The normalized spacial score (nSPS) is 25.4. The number of carbonyl (C=O) groups excluding carboxylic acids is 2. The Hall–Kier alpha value is -2.77. The molecule has 0 unspecified atom stereocenters. The van der Waals surface area contributed by atoms with Crippen LogP contribution in [0.1, 0.15) is 30.0 Å². The van der Waals surface area contributed by atoms with Gasteiger partial charge in [-0.15, -0.1) is 0 Å². The molecule has 2 saturated heterocycles. The van der Waals surface area contributed by atoms with Gasteiger partial charge in [0.2, 0.25) is 11.8 Å². The summed E-state index contributed by atoms with van der Waals surface area (Å²) in [6, 6.07) is 13.0. The third-order valence-electron chi connectivity index (χ3n) is 6.87. The molecule has 2 fully saturated rings. The molecule has 0 saturated carbocycles. The van der Waals surface area contributed by atoms with E-state index in [1.807, 2.05) is 47.4 Å².